The number of carbonyl (C=O) groups excluding carboxylic acids is 1. The number of nitrogens with one attached hydrogen (secondary N) is 1. The number of anilines is 1. The molecule has 5 nitrogen and oxygen atoms in total. The first-order valence-electron chi connectivity index (χ1n) is 7.72. The SMILES string of the molecule is Cc1ccc(Cl)cc1NC(=O)c1ccc(=O)n(Cc2ccccc2)n1. The summed E-state index contributed by atoms with van der Waals surface area (Å²) < 4.78 is 1.27. The van der Waals surface area contributed by atoms with E-state index in [2.05, 4.69) is 10.4 Å². The van der Waals surface area contributed by atoms with Crippen LogP contribution in [0.5, 0.6) is 0 Å². The number of rotatable bonds is 4. The molecule has 1 N–H and O–H groups in total. The van der Waals surface area contributed by atoms with Gasteiger partial charge in [0.1, 0.15) is 5.69 Å². The third kappa shape index (κ3) is 4.14. The summed E-state index contributed by atoms with van der Waals surface area (Å²) in [6.45, 7) is 2.17. The average molecular weight is 354 g/mol. The molecule has 1 aromatic heterocycles. The molecule has 0 aliphatic heterocycles. The summed E-state index contributed by atoms with van der Waals surface area (Å²) in [5, 5.41) is 7.48. The largest absolute Gasteiger partial charge is 0.320 e. The van der Waals surface area contributed by atoms with Crippen LogP contribution < -0.4 is 10.9 Å². The van der Waals surface area contributed by atoms with Gasteiger partial charge >= 0.3 is 0 Å². The summed E-state index contributed by atoms with van der Waals surface area (Å²) in [6.07, 6.45) is 0. The zero-order chi connectivity index (χ0) is 17.8. The van der Waals surface area contributed by atoms with Crippen molar-refractivity contribution in [2.45, 2.75) is 13.5 Å². The van der Waals surface area contributed by atoms with E-state index in [1.54, 1.807) is 12.1 Å². The second-order valence-corrected chi connectivity index (χ2v) is 6.05. The lowest BCUT2D eigenvalue weighted by Gasteiger charge is -2.10. The van der Waals surface area contributed by atoms with Crippen LogP contribution in [0.25, 0.3) is 0 Å². The van der Waals surface area contributed by atoms with E-state index in [1.807, 2.05) is 43.3 Å². The molecule has 126 valence electrons. The molecule has 0 spiro atoms. The zero-order valence-electron chi connectivity index (χ0n) is 13.6. The maximum absolute atomic E-state index is 12.5. The monoisotopic (exact) mass is 353 g/mol. The van der Waals surface area contributed by atoms with Gasteiger partial charge in [-0.15, -0.1) is 0 Å². The first-order chi connectivity index (χ1) is 12.0. The number of halogens is 1. The zero-order valence-corrected chi connectivity index (χ0v) is 14.3. The molecule has 0 atom stereocenters. The Labute approximate surface area is 149 Å². The molecule has 3 rings (SSSR count). The molecule has 2 aromatic carbocycles. The highest BCUT2D eigenvalue weighted by molar-refractivity contribution is 6.31. The van der Waals surface area contributed by atoms with Crippen molar-refractivity contribution in [3.8, 4) is 0 Å². The lowest BCUT2D eigenvalue weighted by atomic mass is 10.2. The fraction of sp³-hybridized carbons (Fsp3) is 0.105. The molecular formula is C19H16ClN3O2. The Bertz CT molecular complexity index is 968. The van der Waals surface area contributed by atoms with Crippen molar-refractivity contribution in [1.82, 2.24) is 9.78 Å². The van der Waals surface area contributed by atoms with Gasteiger partial charge in [0.05, 0.1) is 6.54 Å². The summed E-state index contributed by atoms with van der Waals surface area (Å²) in [7, 11) is 0. The topological polar surface area (TPSA) is 64.0 Å². The van der Waals surface area contributed by atoms with Crippen LogP contribution in [-0.2, 0) is 6.54 Å². The smallest absolute Gasteiger partial charge is 0.276 e. The van der Waals surface area contributed by atoms with Crippen LogP contribution in [0.15, 0.2) is 65.5 Å². The van der Waals surface area contributed by atoms with Gasteiger partial charge in [-0.2, -0.15) is 5.10 Å². The van der Waals surface area contributed by atoms with Gasteiger partial charge in [0, 0.05) is 16.8 Å². The second-order valence-electron chi connectivity index (χ2n) is 5.61. The Kier molecular flexibility index (Phi) is 4.95. The van der Waals surface area contributed by atoms with E-state index in [4.69, 9.17) is 11.6 Å². The molecule has 0 aliphatic carbocycles. The van der Waals surface area contributed by atoms with Crippen LogP contribution in [0.1, 0.15) is 21.6 Å². The van der Waals surface area contributed by atoms with E-state index in [1.165, 1.54) is 16.8 Å². The summed E-state index contributed by atoms with van der Waals surface area (Å²) >= 11 is 5.97. The van der Waals surface area contributed by atoms with Crippen molar-refractivity contribution < 1.29 is 4.79 Å². The predicted molar refractivity (Wildman–Crippen MR) is 98.2 cm³/mol. The minimum atomic E-state index is -0.396. The number of carbonyl (C=O) groups is 1. The summed E-state index contributed by atoms with van der Waals surface area (Å²) in [4.78, 5) is 24.5. The van der Waals surface area contributed by atoms with Crippen LogP contribution in [0.4, 0.5) is 5.69 Å². The predicted octanol–water partition coefficient (Wildman–Crippen LogP) is 3.51. The van der Waals surface area contributed by atoms with Gasteiger partial charge in [0.15, 0.2) is 0 Å². The number of benzene rings is 2. The quantitative estimate of drug-likeness (QED) is 0.780. The third-order valence-electron chi connectivity index (χ3n) is 3.72. The van der Waals surface area contributed by atoms with E-state index in [0.717, 1.165) is 11.1 Å². The minimum Gasteiger partial charge on any atom is -0.320 e. The number of hydrogen-bond acceptors (Lipinski definition) is 3. The van der Waals surface area contributed by atoms with E-state index < -0.39 is 5.91 Å². The molecule has 25 heavy (non-hydrogen) atoms. The molecule has 0 aliphatic rings. The van der Waals surface area contributed by atoms with Crippen molar-refractivity contribution in [3.63, 3.8) is 0 Å². The van der Waals surface area contributed by atoms with Gasteiger partial charge in [0.25, 0.3) is 11.5 Å². The fourth-order valence-electron chi connectivity index (χ4n) is 2.35. The summed E-state index contributed by atoms with van der Waals surface area (Å²) in [6, 6.07) is 17.5. The molecule has 0 fully saturated rings. The van der Waals surface area contributed by atoms with Gasteiger partial charge in [-0.05, 0) is 36.2 Å². The molecule has 1 amide bonds. The van der Waals surface area contributed by atoms with E-state index in [0.29, 0.717) is 17.3 Å². The highest BCUT2D eigenvalue weighted by atomic mass is 35.5. The van der Waals surface area contributed by atoms with Crippen LogP contribution in [0.2, 0.25) is 5.02 Å². The Balaban J connectivity index is 1.85. The normalized spacial score (nSPS) is 10.5. The van der Waals surface area contributed by atoms with Gasteiger partial charge in [-0.25, -0.2) is 4.68 Å². The molecule has 3 aromatic rings. The standard InChI is InChI=1S/C19H16ClN3O2/c1-13-7-8-15(20)11-17(13)21-19(25)16-9-10-18(24)23(22-16)12-14-5-3-2-4-6-14/h2-11H,12H2,1H3,(H,21,25). The van der Waals surface area contributed by atoms with Gasteiger partial charge in [0.2, 0.25) is 0 Å². The van der Waals surface area contributed by atoms with Crippen molar-refractivity contribution in [1.29, 1.82) is 0 Å². The van der Waals surface area contributed by atoms with Crippen molar-refractivity contribution in [2.75, 3.05) is 5.32 Å². The third-order valence-corrected chi connectivity index (χ3v) is 3.96. The Morgan fingerprint density at radius 3 is 2.64 bits per heavy atom. The molecule has 6 heteroatoms. The molecule has 0 saturated heterocycles. The van der Waals surface area contributed by atoms with Gasteiger partial charge in [-0.3, -0.25) is 9.59 Å². The van der Waals surface area contributed by atoms with E-state index >= 15 is 0 Å². The molecule has 0 saturated carbocycles. The number of nitrogens with zero attached hydrogens (tertiary/aromatic N) is 2. The number of aromatic nitrogens is 2. The van der Waals surface area contributed by atoms with Crippen LogP contribution >= 0.6 is 11.6 Å². The maximum Gasteiger partial charge on any atom is 0.276 e. The molecule has 0 bridgehead atoms. The maximum atomic E-state index is 12.5. The molecule has 0 unspecified atom stereocenters. The van der Waals surface area contributed by atoms with Crippen LogP contribution in [0, 0.1) is 6.92 Å². The van der Waals surface area contributed by atoms with E-state index in [-0.39, 0.29) is 11.3 Å². The Morgan fingerprint density at radius 1 is 1.12 bits per heavy atom. The van der Waals surface area contributed by atoms with E-state index in [9.17, 15) is 9.59 Å². The Hall–Kier alpha value is -2.92. The summed E-state index contributed by atoms with van der Waals surface area (Å²) in [5.74, 6) is -0.396. The number of amides is 1. The molecule has 0 radical (unpaired) electrons. The number of hydrogen-bond donors (Lipinski definition) is 1. The minimum absolute atomic E-state index is 0.162. The molecule has 1 heterocycles. The van der Waals surface area contributed by atoms with Crippen LogP contribution in [-0.4, -0.2) is 15.7 Å². The second kappa shape index (κ2) is 7.32. The van der Waals surface area contributed by atoms with Crippen molar-refractivity contribution >= 4 is 23.2 Å². The molecular weight excluding hydrogens is 338 g/mol. The van der Waals surface area contributed by atoms with Crippen molar-refractivity contribution in [3.05, 3.63) is 92.9 Å². The first-order valence-corrected chi connectivity index (χ1v) is 8.10. The van der Waals surface area contributed by atoms with Crippen LogP contribution in [0.3, 0.4) is 0 Å². The first kappa shape index (κ1) is 16.9. The van der Waals surface area contributed by atoms with Crippen molar-refractivity contribution in [2.24, 2.45) is 0 Å². The summed E-state index contributed by atoms with van der Waals surface area (Å²) in [5.41, 5.74) is 2.32. The Morgan fingerprint density at radius 2 is 1.88 bits per heavy atom. The van der Waals surface area contributed by atoms with Gasteiger partial charge < -0.3 is 5.32 Å². The fourth-order valence-corrected chi connectivity index (χ4v) is 2.53. The average Bonchev–Trinajstić information content (AvgIpc) is 2.61. The highest BCUT2D eigenvalue weighted by Gasteiger charge is 2.12. The highest BCUT2D eigenvalue weighted by Crippen LogP contribution is 2.20. The lowest BCUT2D eigenvalue weighted by Crippen LogP contribution is -2.26. The lowest BCUT2D eigenvalue weighted by molar-refractivity contribution is 0.102. The van der Waals surface area contributed by atoms with Gasteiger partial charge in [-0.1, -0.05) is 48.0 Å². The number of aryl methyl sites for hydroxylation is 1.